The van der Waals surface area contributed by atoms with Crippen molar-refractivity contribution in [3.8, 4) is 35.0 Å². The zero-order chi connectivity index (χ0) is 22.9. The molecule has 2 heterocycles. The third-order valence-electron chi connectivity index (χ3n) is 5.72. The number of rotatable bonds is 6. The Labute approximate surface area is 192 Å². The third kappa shape index (κ3) is 3.88. The molecule has 6 heteroatoms. The zero-order valence-electron chi connectivity index (χ0n) is 18.5. The SMILES string of the molecule is CC(C)Nc1ccc(-c2c(C#N)c3ccc(Oc4ncccc4C#N)cc3n2C2CC2)cc1. The number of nitriles is 2. The molecule has 0 atom stereocenters. The number of fused-ring (bicyclic) bond motifs is 1. The first-order valence-corrected chi connectivity index (χ1v) is 11.1. The zero-order valence-corrected chi connectivity index (χ0v) is 18.5. The van der Waals surface area contributed by atoms with Crippen molar-refractivity contribution in [2.45, 2.75) is 38.8 Å². The highest BCUT2D eigenvalue weighted by Gasteiger charge is 2.31. The predicted molar refractivity (Wildman–Crippen MR) is 128 cm³/mol. The number of nitrogens with one attached hydrogen (secondary N) is 1. The van der Waals surface area contributed by atoms with Crippen molar-refractivity contribution in [1.82, 2.24) is 9.55 Å². The lowest BCUT2D eigenvalue weighted by atomic mass is 10.1. The van der Waals surface area contributed by atoms with Gasteiger partial charge in [-0.05, 0) is 68.7 Å². The van der Waals surface area contributed by atoms with E-state index in [1.54, 1.807) is 18.3 Å². The average molecular weight is 434 g/mol. The van der Waals surface area contributed by atoms with Crippen LogP contribution in [-0.4, -0.2) is 15.6 Å². The fourth-order valence-electron chi connectivity index (χ4n) is 4.19. The maximum atomic E-state index is 10.1. The molecular formula is C27H23N5O. The Morgan fingerprint density at radius 1 is 1.06 bits per heavy atom. The Morgan fingerprint density at radius 3 is 2.52 bits per heavy atom. The number of nitrogens with zero attached hydrogens (tertiary/aromatic N) is 4. The van der Waals surface area contributed by atoms with E-state index in [0.29, 0.717) is 29.0 Å². The van der Waals surface area contributed by atoms with Crippen molar-refractivity contribution in [3.63, 3.8) is 0 Å². The summed E-state index contributed by atoms with van der Waals surface area (Å²) in [6.07, 6.45) is 3.77. The highest BCUT2D eigenvalue weighted by molar-refractivity contribution is 5.95. The molecule has 5 rings (SSSR count). The quantitative estimate of drug-likeness (QED) is 0.380. The van der Waals surface area contributed by atoms with Gasteiger partial charge in [0, 0.05) is 35.4 Å². The van der Waals surface area contributed by atoms with Gasteiger partial charge in [-0.2, -0.15) is 10.5 Å². The van der Waals surface area contributed by atoms with Crippen molar-refractivity contribution in [2.75, 3.05) is 5.32 Å². The van der Waals surface area contributed by atoms with Crippen molar-refractivity contribution in [2.24, 2.45) is 0 Å². The molecule has 1 saturated carbocycles. The molecule has 0 saturated heterocycles. The minimum absolute atomic E-state index is 0.276. The van der Waals surface area contributed by atoms with Gasteiger partial charge in [0.05, 0.1) is 16.8 Å². The van der Waals surface area contributed by atoms with Gasteiger partial charge < -0.3 is 14.6 Å². The summed E-state index contributed by atoms with van der Waals surface area (Å²) >= 11 is 0. The summed E-state index contributed by atoms with van der Waals surface area (Å²) in [5.74, 6) is 0.863. The van der Waals surface area contributed by atoms with Crippen LogP contribution in [0.2, 0.25) is 0 Å². The van der Waals surface area contributed by atoms with E-state index in [0.717, 1.165) is 40.7 Å². The maximum Gasteiger partial charge on any atom is 0.237 e. The number of anilines is 1. The molecule has 6 nitrogen and oxygen atoms in total. The summed E-state index contributed by atoms with van der Waals surface area (Å²) in [7, 11) is 0. The van der Waals surface area contributed by atoms with E-state index in [1.165, 1.54) is 0 Å². The number of pyridine rings is 1. The van der Waals surface area contributed by atoms with E-state index in [-0.39, 0.29) is 5.88 Å². The maximum absolute atomic E-state index is 10.1. The number of aromatic nitrogens is 2. The van der Waals surface area contributed by atoms with Gasteiger partial charge in [0.25, 0.3) is 0 Å². The highest BCUT2D eigenvalue weighted by atomic mass is 16.5. The minimum Gasteiger partial charge on any atom is -0.438 e. The molecule has 0 spiro atoms. The second-order valence-electron chi connectivity index (χ2n) is 8.56. The van der Waals surface area contributed by atoms with E-state index in [2.05, 4.69) is 65.1 Å². The van der Waals surface area contributed by atoms with Gasteiger partial charge in [-0.15, -0.1) is 0 Å². The molecule has 162 valence electrons. The Morgan fingerprint density at radius 2 is 1.85 bits per heavy atom. The fraction of sp³-hybridized carbons (Fsp3) is 0.222. The second kappa shape index (κ2) is 8.33. The second-order valence-corrected chi connectivity index (χ2v) is 8.56. The molecule has 1 aliphatic carbocycles. The van der Waals surface area contributed by atoms with E-state index in [1.807, 2.05) is 18.2 Å². The van der Waals surface area contributed by atoms with Gasteiger partial charge in [-0.25, -0.2) is 4.98 Å². The van der Waals surface area contributed by atoms with Gasteiger partial charge in [0.15, 0.2) is 0 Å². The standard InChI is InChI=1S/C27H23N5O/c1-17(2)31-20-7-5-18(6-8-20)26-24(16-29)23-12-11-22(14-25(23)32(26)21-9-10-21)33-27-19(15-28)4-3-13-30-27/h3-8,11-14,17,21,31H,9-10H2,1-2H3. The van der Waals surface area contributed by atoms with Gasteiger partial charge in [-0.3, -0.25) is 0 Å². The van der Waals surface area contributed by atoms with Crippen molar-refractivity contribution < 1.29 is 4.74 Å². The van der Waals surface area contributed by atoms with Crippen LogP contribution in [0.25, 0.3) is 22.2 Å². The van der Waals surface area contributed by atoms with E-state index < -0.39 is 0 Å². The van der Waals surface area contributed by atoms with Gasteiger partial charge >= 0.3 is 0 Å². The first-order valence-electron chi connectivity index (χ1n) is 11.1. The Bertz CT molecular complexity index is 1420. The molecule has 2 aromatic heterocycles. The number of hydrogen-bond acceptors (Lipinski definition) is 5. The molecule has 1 N–H and O–H groups in total. The molecule has 2 aromatic carbocycles. The largest absolute Gasteiger partial charge is 0.438 e. The number of benzene rings is 2. The summed E-state index contributed by atoms with van der Waals surface area (Å²) < 4.78 is 8.24. The lowest BCUT2D eigenvalue weighted by Crippen LogP contribution is -2.09. The van der Waals surface area contributed by atoms with E-state index in [9.17, 15) is 10.5 Å². The summed E-state index contributed by atoms with van der Waals surface area (Å²) in [6, 6.07) is 22.6. The number of ether oxygens (including phenoxy) is 1. The van der Waals surface area contributed by atoms with Crippen LogP contribution in [0.15, 0.2) is 60.8 Å². The highest BCUT2D eigenvalue weighted by Crippen LogP contribution is 2.45. The van der Waals surface area contributed by atoms with Crippen molar-refractivity contribution >= 4 is 16.6 Å². The molecule has 1 fully saturated rings. The van der Waals surface area contributed by atoms with E-state index >= 15 is 0 Å². The molecule has 0 aliphatic heterocycles. The van der Waals surface area contributed by atoms with Crippen molar-refractivity contribution in [1.29, 1.82) is 10.5 Å². The smallest absolute Gasteiger partial charge is 0.237 e. The first kappa shape index (κ1) is 20.6. The van der Waals surface area contributed by atoms with Crippen LogP contribution in [0.4, 0.5) is 5.69 Å². The van der Waals surface area contributed by atoms with Gasteiger partial charge in [0.2, 0.25) is 5.88 Å². The van der Waals surface area contributed by atoms with E-state index in [4.69, 9.17) is 4.74 Å². The molecule has 4 aromatic rings. The molecule has 0 bridgehead atoms. The Hall–Kier alpha value is -4.29. The van der Waals surface area contributed by atoms with Gasteiger partial charge in [-0.1, -0.05) is 12.1 Å². The molecule has 1 aliphatic rings. The molecule has 33 heavy (non-hydrogen) atoms. The van der Waals surface area contributed by atoms with Crippen LogP contribution >= 0.6 is 0 Å². The van der Waals surface area contributed by atoms with Crippen molar-refractivity contribution in [3.05, 3.63) is 71.9 Å². The lowest BCUT2D eigenvalue weighted by Gasteiger charge is -2.13. The van der Waals surface area contributed by atoms with Crippen LogP contribution in [0.5, 0.6) is 11.6 Å². The topological polar surface area (TPSA) is 86.7 Å². The molecule has 0 unspecified atom stereocenters. The summed E-state index contributed by atoms with van der Waals surface area (Å²) in [5.41, 5.74) is 5.02. The average Bonchev–Trinajstić information content (AvgIpc) is 3.61. The predicted octanol–water partition coefficient (Wildman–Crippen LogP) is 6.39. The van der Waals surface area contributed by atoms with Gasteiger partial charge in [0.1, 0.15) is 23.5 Å². The van der Waals surface area contributed by atoms with Crippen LogP contribution < -0.4 is 10.1 Å². The monoisotopic (exact) mass is 433 g/mol. The Kier molecular flexibility index (Phi) is 5.20. The lowest BCUT2D eigenvalue weighted by molar-refractivity contribution is 0.461. The summed E-state index contributed by atoms with van der Waals surface area (Å²) in [6.45, 7) is 4.22. The minimum atomic E-state index is 0.276. The third-order valence-corrected chi connectivity index (χ3v) is 5.72. The summed E-state index contributed by atoms with van der Waals surface area (Å²) in [5, 5.41) is 23.7. The number of hydrogen-bond donors (Lipinski definition) is 1. The fourth-order valence-corrected chi connectivity index (χ4v) is 4.19. The first-order chi connectivity index (χ1) is 16.1. The molecule has 0 amide bonds. The molecular weight excluding hydrogens is 410 g/mol. The molecule has 0 radical (unpaired) electrons. The van der Waals surface area contributed by atoms with Crippen LogP contribution in [-0.2, 0) is 0 Å². The Balaban J connectivity index is 1.62. The normalized spacial score (nSPS) is 13.0. The summed E-state index contributed by atoms with van der Waals surface area (Å²) in [4.78, 5) is 4.20. The van der Waals surface area contributed by atoms with Crippen LogP contribution in [0.1, 0.15) is 43.9 Å². The van der Waals surface area contributed by atoms with Crippen LogP contribution in [0.3, 0.4) is 0 Å². The van der Waals surface area contributed by atoms with Crippen LogP contribution in [0, 0.1) is 22.7 Å².